The van der Waals surface area contributed by atoms with Gasteiger partial charge in [-0.1, -0.05) is 6.08 Å². The summed E-state index contributed by atoms with van der Waals surface area (Å²) in [6, 6.07) is 0. The van der Waals surface area contributed by atoms with E-state index in [1.54, 1.807) is 0 Å². The molecule has 0 unspecified atom stereocenters. The van der Waals surface area contributed by atoms with Crippen LogP contribution in [-0.4, -0.2) is 18.0 Å². The lowest BCUT2D eigenvalue weighted by Crippen LogP contribution is -2.29. The van der Waals surface area contributed by atoms with E-state index >= 15 is 0 Å². The molecule has 0 atom stereocenters. The molecule has 1 rings (SSSR count). The van der Waals surface area contributed by atoms with E-state index in [1.807, 2.05) is 39.0 Å². The molecule has 0 aromatic rings. The van der Waals surface area contributed by atoms with Gasteiger partial charge in [-0.05, 0) is 50.5 Å². The largest absolute Gasteiger partial charge is 0.367 e. The Morgan fingerprint density at radius 1 is 1.40 bits per heavy atom. The molecule has 0 radical (unpaired) electrons. The molecule has 0 aliphatic heterocycles. The van der Waals surface area contributed by atoms with Gasteiger partial charge in [0.2, 0.25) is 0 Å². The monoisotopic (exact) mass is 206 g/mol. The van der Waals surface area contributed by atoms with Gasteiger partial charge in [0, 0.05) is 0 Å². The molecule has 0 spiro atoms. The van der Waals surface area contributed by atoms with Crippen molar-refractivity contribution in [2.75, 3.05) is 6.61 Å². The van der Waals surface area contributed by atoms with Gasteiger partial charge in [-0.15, -0.1) is 6.58 Å². The Bertz CT molecular complexity index is 312. The SMILES string of the molecule is C=CCCOC1(C)C=C(C)C(=O)C(C)=C1. The van der Waals surface area contributed by atoms with E-state index in [1.165, 1.54) is 0 Å². The Morgan fingerprint density at radius 3 is 2.40 bits per heavy atom. The van der Waals surface area contributed by atoms with Crippen LogP contribution in [0.1, 0.15) is 27.2 Å². The Labute approximate surface area is 91.3 Å². The van der Waals surface area contributed by atoms with Gasteiger partial charge < -0.3 is 4.74 Å². The number of carbonyl (C=O) groups excluding carboxylic acids is 1. The standard InChI is InChI=1S/C13H18O2/c1-5-6-7-15-13(4)8-10(2)12(14)11(3)9-13/h5,8-9H,1,6-7H2,2-4H3. The highest BCUT2D eigenvalue weighted by molar-refractivity contribution is 6.08. The zero-order valence-electron chi connectivity index (χ0n) is 9.67. The van der Waals surface area contributed by atoms with Crippen LogP contribution in [0, 0.1) is 0 Å². The number of Topliss-reactive ketones (excluding diaryl/α,β-unsaturated/α-hetero) is 1. The van der Waals surface area contributed by atoms with Crippen molar-refractivity contribution < 1.29 is 9.53 Å². The van der Waals surface area contributed by atoms with E-state index in [-0.39, 0.29) is 5.78 Å². The van der Waals surface area contributed by atoms with E-state index in [9.17, 15) is 4.79 Å². The van der Waals surface area contributed by atoms with Crippen LogP contribution < -0.4 is 0 Å². The highest BCUT2D eigenvalue weighted by Crippen LogP contribution is 2.25. The van der Waals surface area contributed by atoms with Gasteiger partial charge in [-0.3, -0.25) is 4.79 Å². The number of ether oxygens (including phenoxy) is 1. The van der Waals surface area contributed by atoms with Crippen molar-refractivity contribution in [3.63, 3.8) is 0 Å². The lowest BCUT2D eigenvalue weighted by molar-refractivity contribution is -0.112. The van der Waals surface area contributed by atoms with Gasteiger partial charge in [0.15, 0.2) is 5.78 Å². The number of hydrogen-bond acceptors (Lipinski definition) is 2. The second-order valence-electron chi connectivity index (χ2n) is 4.09. The molecule has 0 bridgehead atoms. The summed E-state index contributed by atoms with van der Waals surface area (Å²) < 4.78 is 5.72. The van der Waals surface area contributed by atoms with Gasteiger partial charge in [0.25, 0.3) is 0 Å². The second kappa shape index (κ2) is 4.58. The maximum Gasteiger partial charge on any atom is 0.184 e. The van der Waals surface area contributed by atoms with Crippen LogP contribution in [0.2, 0.25) is 0 Å². The molecule has 0 heterocycles. The molecule has 2 heteroatoms. The second-order valence-corrected chi connectivity index (χ2v) is 4.09. The summed E-state index contributed by atoms with van der Waals surface area (Å²) in [6.45, 7) is 9.89. The van der Waals surface area contributed by atoms with Gasteiger partial charge in [-0.25, -0.2) is 0 Å². The Kier molecular flexibility index (Phi) is 3.64. The molecule has 1 aliphatic rings. The number of hydrogen-bond donors (Lipinski definition) is 0. The molecule has 0 aromatic carbocycles. The molecule has 0 amide bonds. The van der Waals surface area contributed by atoms with Crippen LogP contribution >= 0.6 is 0 Å². The van der Waals surface area contributed by atoms with Crippen molar-refractivity contribution in [2.45, 2.75) is 32.8 Å². The van der Waals surface area contributed by atoms with Crippen LogP contribution in [0.4, 0.5) is 0 Å². The van der Waals surface area contributed by atoms with Crippen molar-refractivity contribution in [2.24, 2.45) is 0 Å². The first-order valence-electron chi connectivity index (χ1n) is 5.17. The minimum Gasteiger partial charge on any atom is -0.367 e. The minimum absolute atomic E-state index is 0.111. The lowest BCUT2D eigenvalue weighted by atomic mass is 9.89. The quantitative estimate of drug-likeness (QED) is 0.522. The molecule has 0 fully saturated rings. The van der Waals surface area contributed by atoms with Gasteiger partial charge in [0.05, 0.1) is 6.61 Å². The van der Waals surface area contributed by atoms with E-state index in [2.05, 4.69) is 6.58 Å². The summed E-state index contributed by atoms with van der Waals surface area (Å²) >= 11 is 0. The third-order valence-corrected chi connectivity index (χ3v) is 2.46. The average molecular weight is 206 g/mol. The number of carbonyl (C=O) groups is 1. The van der Waals surface area contributed by atoms with Crippen LogP contribution in [0.3, 0.4) is 0 Å². The van der Waals surface area contributed by atoms with E-state index < -0.39 is 5.60 Å². The topological polar surface area (TPSA) is 26.3 Å². The van der Waals surface area contributed by atoms with Crippen molar-refractivity contribution in [3.8, 4) is 0 Å². The Hall–Kier alpha value is -1.15. The third kappa shape index (κ3) is 2.90. The molecule has 0 saturated heterocycles. The molecule has 1 aliphatic carbocycles. The molecule has 0 N–H and O–H groups in total. The third-order valence-electron chi connectivity index (χ3n) is 2.46. The van der Waals surface area contributed by atoms with Gasteiger partial charge in [0.1, 0.15) is 5.60 Å². The van der Waals surface area contributed by atoms with Crippen LogP contribution in [-0.2, 0) is 9.53 Å². The highest BCUT2D eigenvalue weighted by Gasteiger charge is 2.26. The molecular weight excluding hydrogens is 188 g/mol. The van der Waals surface area contributed by atoms with E-state index in [0.29, 0.717) is 6.61 Å². The molecule has 82 valence electrons. The smallest absolute Gasteiger partial charge is 0.184 e. The summed E-state index contributed by atoms with van der Waals surface area (Å²) in [5, 5.41) is 0. The molecule has 0 aromatic heterocycles. The summed E-state index contributed by atoms with van der Waals surface area (Å²) in [5.41, 5.74) is 1.08. The fourth-order valence-corrected chi connectivity index (χ4v) is 1.79. The molecule has 15 heavy (non-hydrogen) atoms. The fourth-order valence-electron chi connectivity index (χ4n) is 1.79. The maximum absolute atomic E-state index is 11.5. The lowest BCUT2D eigenvalue weighted by Gasteiger charge is -2.27. The highest BCUT2D eigenvalue weighted by atomic mass is 16.5. The average Bonchev–Trinajstić information content (AvgIpc) is 2.14. The predicted octanol–water partition coefficient (Wildman–Crippen LogP) is 2.81. The first-order chi connectivity index (χ1) is 6.98. The zero-order chi connectivity index (χ0) is 11.5. The molecule has 0 saturated carbocycles. The summed E-state index contributed by atoms with van der Waals surface area (Å²) in [6.07, 6.45) is 6.41. The molecular formula is C13H18O2. The maximum atomic E-state index is 11.5. The van der Waals surface area contributed by atoms with Crippen LogP contribution in [0.25, 0.3) is 0 Å². The minimum atomic E-state index is -0.439. The van der Waals surface area contributed by atoms with Gasteiger partial charge >= 0.3 is 0 Å². The van der Waals surface area contributed by atoms with Crippen molar-refractivity contribution in [3.05, 3.63) is 36.0 Å². The fraction of sp³-hybridized carbons (Fsp3) is 0.462. The first-order valence-corrected chi connectivity index (χ1v) is 5.17. The normalized spacial score (nSPS) is 19.5. The Morgan fingerprint density at radius 2 is 1.93 bits per heavy atom. The number of rotatable bonds is 4. The number of allylic oxidation sites excluding steroid dienone is 2. The first kappa shape index (κ1) is 11.9. The molecule has 2 nitrogen and oxygen atoms in total. The van der Waals surface area contributed by atoms with Crippen LogP contribution in [0.15, 0.2) is 36.0 Å². The summed E-state index contributed by atoms with van der Waals surface area (Å²) in [4.78, 5) is 11.5. The van der Waals surface area contributed by atoms with Gasteiger partial charge in [-0.2, -0.15) is 0 Å². The van der Waals surface area contributed by atoms with Crippen molar-refractivity contribution in [1.29, 1.82) is 0 Å². The van der Waals surface area contributed by atoms with Crippen molar-refractivity contribution in [1.82, 2.24) is 0 Å². The van der Waals surface area contributed by atoms with E-state index in [0.717, 1.165) is 17.6 Å². The Balaban J connectivity index is 2.76. The summed E-state index contributed by atoms with van der Waals surface area (Å²) in [7, 11) is 0. The summed E-state index contributed by atoms with van der Waals surface area (Å²) in [5.74, 6) is 0.111. The predicted molar refractivity (Wildman–Crippen MR) is 61.7 cm³/mol. The van der Waals surface area contributed by atoms with E-state index in [4.69, 9.17) is 4.74 Å². The number of ketones is 1. The zero-order valence-corrected chi connectivity index (χ0v) is 9.67. The van der Waals surface area contributed by atoms with Crippen LogP contribution in [0.5, 0.6) is 0 Å². The van der Waals surface area contributed by atoms with Crippen molar-refractivity contribution >= 4 is 5.78 Å².